The van der Waals surface area contributed by atoms with Crippen molar-refractivity contribution in [2.45, 2.75) is 19.8 Å². The molecule has 0 aliphatic carbocycles. The lowest BCUT2D eigenvalue weighted by Gasteiger charge is -2.35. The minimum absolute atomic E-state index is 0.111. The Kier molecular flexibility index (Phi) is 4.71. The number of aryl methyl sites for hydroxylation is 1. The number of ether oxygens (including phenoxy) is 1. The number of nitrogens with one attached hydrogen (secondary N) is 1. The Balaban J connectivity index is 1.75. The average molecular weight is 319 g/mol. The predicted molar refractivity (Wildman–Crippen MR) is 88.1 cm³/mol. The van der Waals surface area contributed by atoms with Crippen LogP contribution in [0.15, 0.2) is 23.6 Å². The zero-order valence-electron chi connectivity index (χ0n) is 12.7. The molecule has 1 fully saturated rings. The van der Waals surface area contributed by atoms with Crippen molar-refractivity contribution < 1.29 is 9.84 Å². The Hall–Kier alpha value is -1.50. The first-order valence-corrected chi connectivity index (χ1v) is 8.41. The Morgan fingerprint density at radius 2 is 2.18 bits per heavy atom. The summed E-state index contributed by atoms with van der Waals surface area (Å²) in [4.78, 5) is 10.2. The minimum atomic E-state index is -0.111. The number of thiophene rings is 1. The number of aromatic nitrogens is 2. The second-order valence-electron chi connectivity index (χ2n) is 5.82. The minimum Gasteiger partial charge on any atom is -0.396 e. The van der Waals surface area contributed by atoms with E-state index in [0.717, 1.165) is 35.1 Å². The molecule has 1 aliphatic rings. The molecular weight excluding hydrogens is 298 g/mol. The van der Waals surface area contributed by atoms with E-state index < -0.39 is 0 Å². The lowest BCUT2D eigenvalue weighted by molar-refractivity contribution is -0.00861. The van der Waals surface area contributed by atoms with Crippen LogP contribution in [0.3, 0.4) is 0 Å². The van der Waals surface area contributed by atoms with Crippen molar-refractivity contribution in [1.82, 2.24) is 9.97 Å². The molecule has 1 saturated heterocycles. The second kappa shape index (κ2) is 6.73. The van der Waals surface area contributed by atoms with E-state index in [2.05, 4.69) is 15.3 Å². The van der Waals surface area contributed by atoms with Gasteiger partial charge in [-0.05, 0) is 31.2 Å². The lowest BCUT2D eigenvalue weighted by Crippen LogP contribution is -2.39. The van der Waals surface area contributed by atoms with Crippen molar-refractivity contribution in [2.75, 3.05) is 31.7 Å². The normalized spacial score (nSPS) is 17.4. The van der Waals surface area contributed by atoms with Gasteiger partial charge in [0.2, 0.25) is 0 Å². The molecule has 1 aliphatic heterocycles. The topological polar surface area (TPSA) is 67.3 Å². The third-order valence-corrected chi connectivity index (χ3v) is 4.99. The van der Waals surface area contributed by atoms with Crippen LogP contribution < -0.4 is 5.32 Å². The van der Waals surface area contributed by atoms with E-state index in [1.807, 2.05) is 30.5 Å². The van der Waals surface area contributed by atoms with E-state index in [1.165, 1.54) is 0 Å². The van der Waals surface area contributed by atoms with Gasteiger partial charge in [0, 0.05) is 36.9 Å². The van der Waals surface area contributed by atoms with Crippen LogP contribution >= 0.6 is 11.3 Å². The highest BCUT2D eigenvalue weighted by atomic mass is 32.1. The van der Waals surface area contributed by atoms with Gasteiger partial charge in [-0.3, -0.25) is 0 Å². The Morgan fingerprint density at radius 3 is 2.86 bits per heavy atom. The average Bonchev–Trinajstić information content (AvgIpc) is 3.08. The largest absolute Gasteiger partial charge is 0.396 e. The molecule has 5 nitrogen and oxygen atoms in total. The fourth-order valence-corrected chi connectivity index (χ4v) is 3.31. The lowest BCUT2D eigenvalue weighted by atomic mass is 9.81. The molecular formula is C16H21N3O2S. The summed E-state index contributed by atoms with van der Waals surface area (Å²) in [6.45, 7) is 4.27. The Morgan fingerprint density at radius 1 is 1.36 bits per heavy atom. The zero-order valence-corrected chi connectivity index (χ0v) is 13.5. The monoisotopic (exact) mass is 319 g/mol. The van der Waals surface area contributed by atoms with Gasteiger partial charge in [-0.15, -0.1) is 11.3 Å². The quantitative estimate of drug-likeness (QED) is 0.887. The maximum atomic E-state index is 9.75. The second-order valence-corrected chi connectivity index (χ2v) is 6.77. The Labute approximate surface area is 134 Å². The summed E-state index contributed by atoms with van der Waals surface area (Å²) in [5.74, 6) is 1.57. The number of rotatable bonds is 5. The molecule has 0 saturated carbocycles. The van der Waals surface area contributed by atoms with Crippen LogP contribution in [0.5, 0.6) is 0 Å². The number of hydrogen-bond acceptors (Lipinski definition) is 6. The molecule has 0 bridgehead atoms. The SMILES string of the molecule is Cc1cc(NCC2(CO)CCOCC2)nc(-c2cccs2)n1. The van der Waals surface area contributed by atoms with E-state index >= 15 is 0 Å². The van der Waals surface area contributed by atoms with Crippen LogP contribution in [0.25, 0.3) is 10.7 Å². The molecule has 2 N–H and O–H groups in total. The van der Waals surface area contributed by atoms with Crippen LogP contribution in [0, 0.1) is 12.3 Å². The van der Waals surface area contributed by atoms with Gasteiger partial charge in [-0.2, -0.15) is 0 Å². The molecule has 2 aromatic rings. The summed E-state index contributed by atoms with van der Waals surface area (Å²) in [6, 6.07) is 5.97. The summed E-state index contributed by atoms with van der Waals surface area (Å²) in [6.07, 6.45) is 1.75. The van der Waals surface area contributed by atoms with Crippen LogP contribution in [0.4, 0.5) is 5.82 Å². The molecule has 0 aromatic carbocycles. The predicted octanol–water partition coefficient (Wildman–Crippen LogP) is 2.71. The Bertz CT molecular complexity index is 610. The smallest absolute Gasteiger partial charge is 0.171 e. The summed E-state index contributed by atoms with van der Waals surface area (Å²) in [5.41, 5.74) is 0.825. The fourth-order valence-electron chi connectivity index (χ4n) is 2.65. The van der Waals surface area contributed by atoms with Crippen LogP contribution in [-0.2, 0) is 4.74 Å². The van der Waals surface area contributed by atoms with Crippen LogP contribution in [-0.4, -0.2) is 41.4 Å². The van der Waals surface area contributed by atoms with Gasteiger partial charge in [-0.1, -0.05) is 6.07 Å². The van der Waals surface area contributed by atoms with Gasteiger partial charge < -0.3 is 15.2 Å². The molecule has 3 heterocycles. The summed E-state index contributed by atoms with van der Waals surface area (Å²) >= 11 is 1.63. The third-order valence-electron chi connectivity index (χ3n) is 4.13. The highest BCUT2D eigenvalue weighted by Crippen LogP contribution is 2.30. The molecule has 22 heavy (non-hydrogen) atoms. The van der Waals surface area contributed by atoms with Gasteiger partial charge in [0.25, 0.3) is 0 Å². The first-order valence-electron chi connectivity index (χ1n) is 7.53. The van der Waals surface area contributed by atoms with Crippen molar-refractivity contribution >= 4 is 17.2 Å². The number of anilines is 1. The molecule has 3 rings (SSSR count). The number of hydrogen-bond donors (Lipinski definition) is 2. The highest BCUT2D eigenvalue weighted by molar-refractivity contribution is 7.13. The first-order chi connectivity index (χ1) is 10.7. The third kappa shape index (κ3) is 3.45. The molecule has 0 amide bonds. The molecule has 2 aromatic heterocycles. The van der Waals surface area contributed by atoms with E-state index in [9.17, 15) is 5.11 Å². The summed E-state index contributed by atoms with van der Waals surface area (Å²) < 4.78 is 5.40. The zero-order chi connectivity index (χ0) is 15.4. The molecule has 0 atom stereocenters. The molecule has 0 spiro atoms. The summed E-state index contributed by atoms with van der Waals surface area (Å²) in [7, 11) is 0. The molecule has 0 unspecified atom stereocenters. The van der Waals surface area contributed by atoms with Gasteiger partial charge in [0.15, 0.2) is 5.82 Å². The number of aliphatic hydroxyl groups is 1. The van der Waals surface area contributed by atoms with Crippen molar-refractivity contribution in [3.05, 3.63) is 29.3 Å². The maximum Gasteiger partial charge on any atom is 0.171 e. The van der Waals surface area contributed by atoms with E-state index in [0.29, 0.717) is 19.8 Å². The first kappa shape index (κ1) is 15.4. The van der Waals surface area contributed by atoms with Gasteiger partial charge in [0.05, 0.1) is 11.5 Å². The van der Waals surface area contributed by atoms with Gasteiger partial charge in [0.1, 0.15) is 5.82 Å². The van der Waals surface area contributed by atoms with E-state index in [4.69, 9.17) is 4.74 Å². The van der Waals surface area contributed by atoms with Crippen LogP contribution in [0.1, 0.15) is 18.5 Å². The van der Waals surface area contributed by atoms with Gasteiger partial charge in [-0.25, -0.2) is 9.97 Å². The van der Waals surface area contributed by atoms with Crippen molar-refractivity contribution in [2.24, 2.45) is 5.41 Å². The van der Waals surface area contributed by atoms with Crippen molar-refractivity contribution in [3.63, 3.8) is 0 Å². The van der Waals surface area contributed by atoms with Crippen molar-refractivity contribution in [3.8, 4) is 10.7 Å². The van der Waals surface area contributed by atoms with E-state index in [1.54, 1.807) is 11.3 Å². The number of nitrogens with zero attached hydrogens (tertiary/aromatic N) is 2. The summed E-state index contributed by atoms with van der Waals surface area (Å²) in [5, 5.41) is 15.2. The maximum absolute atomic E-state index is 9.75. The molecule has 6 heteroatoms. The van der Waals surface area contributed by atoms with Crippen LogP contribution in [0.2, 0.25) is 0 Å². The van der Waals surface area contributed by atoms with E-state index in [-0.39, 0.29) is 12.0 Å². The standard InChI is InChI=1S/C16H21N3O2S/c1-12-9-14(19-15(18-12)13-3-2-8-22-13)17-10-16(11-20)4-6-21-7-5-16/h2-3,8-9,20H,4-7,10-11H2,1H3,(H,17,18,19). The number of aliphatic hydroxyl groups excluding tert-OH is 1. The fraction of sp³-hybridized carbons (Fsp3) is 0.500. The molecule has 0 radical (unpaired) electrons. The van der Waals surface area contributed by atoms with Crippen molar-refractivity contribution in [1.29, 1.82) is 0 Å². The highest BCUT2D eigenvalue weighted by Gasteiger charge is 2.31. The van der Waals surface area contributed by atoms with Gasteiger partial charge >= 0.3 is 0 Å². The molecule has 118 valence electrons.